The molecule has 1 unspecified atom stereocenters. The van der Waals surface area contributed by atoms with Gasteiger partial charge >= 0.3 is 0 Å². The van der Waals surface area contributed by atoms with E-state index < -0.39 is 0 Å². The molecule has 0 saturated carbocycles. The van der Waals surface area contributed by atoms with Gasteiger partial charge in [0.25, 0.3) is 0 Å². The molecule has 1 atom stereocenters. The number of aryl methyl sites for hydroxylation is 1. The molecule has 0 aliphatic carbocycles. The van der Waals surface area contributed by atoms with Crippen molar-refractivity contribution in [2.24, 2.45) is 0 Å². The lowest BCUT2D eigenvalue weighted by Gasteiger charge is -2.24. The van der Waals surface area contributed by atoms with Crippen molar-refractivity contribution in [1.29, 1.82) is 0 Å². The molecule has 0 spiro atoms. The van der Waals surface area contributed by atoms with Crippen LogP contribution in [0, 0.1) is 19.3 Å². The van der Waals surface area contributed by atoms with E-state index in [1.807, 2.05) is 31.2 Å². The summed E-state index contributed by atoms with van der Waals surface area (Å²) in [5, 5.41) is 2.65. The third-order valence-electron chi connectivity index (χ3n) is 3.73. The Balaban J connectivity index is 1.98. The van der Waals surface area contributed by atoms with E-state index in [0.29, 0.717) is 19.4 Å². The maximum Gasteiger partial charge on any atom is 0.223 e. The molecule has 4 nitrogen and oxygen atoms in total. The maximum atomic E-state index is 12.0. The van der Waals surface area contributed by atoms with Crippen LogP contribution in [0.5, 0.6) is 0 Å². The molecule has 110 valence electrons. The SMILES string of the molecule is C#CCNC(=O)CC1CCC(=O)N1Cc1ccc(C)cc1. The first-order valence-electron chi connectivity index (χ1n) is 7.15. The molecular formula is C17H20N2O2. The Bertz CT molecular complexity index is 557. The predicted molar refractivity (Wildman–Crippen MR) is 81.2 cm³/mol. The van der Waals surface area contributed by atoms with Crippen LogP contribution >= 0.6 is 0 Å². The van der Waals surface area contributed by atoms with Crippen molar-refractivity contribution in [3.63, 3.8) is 0 Å². The molecule has 0 radical (unpaired) electrons. The number of nitrogens with one attached hydrogen (secondary N) is 1. The number of carbonyl (C=O) groups is 2. The Labute approximate surface area is 125 Å². The van der Waals surface area contributed by atoms with Crippen molar-refractivity contribution in [1.82, 2.24) is 10.2 Å². The van der Waals surface area contributed by atoms with E-state index in [4.69, 9.17) is 6.42 Å². The van der Waals surface area contributed by atoms with Gasteiger partial charge in [-0.15, -0.1) is 6.42 Å². The minimum Gasteiger partial charge on any atom is -0.345 e. The van der Waals surface area contributed by atoms with Gasteiger partial charge in [0.05, 0.1) is 6.54 Å². The molecule has 1 aromatic carbocycles. The molecule has 0 aromatic heterocycles. The lowest BCUT2D eigenvalue weighted by Crippen LogP contribution is -2.37. The molecule has 2 rings (SSSR count). The van der Waals surface area contributed by atoms with Gasteiger partial charge in [0.2, 0.25) is 11.8 Å². The van der Waals surface area contributed by atoms with Crippen molar-refractivity contribution in [2.45, 2.75) is 38.8 Å². The molecule has 1 aliphatic heterocycles. The van der Waals surface area contributed by atoms with Crippen LogP contribution < -0.4 is 5.32 Å². The lowest BCUT2D eigenvalue weighted by molar-refractivity contribution is -0.130. The average molecular weight is 284 g/mol. The Morgan fingerprint density at radius 1 is 1.43 bits per heavy atom. The van der Waals surface area contributed by atoms with E-state index in [1.165, 1.54) is 5.56 Å². The van der Waals surface area contributed by atoms with Crippen LogP contribution in [0.25, 0.3) is 0 Å². The summed E-state index contributed by atoms with van der Waals surface area (Å²) in [5.74, 6) is 2.40. The van der Waals surface area contributed by atoms with Crippen LogP contribution in [-0.2, 0) is 16.1 Å². The van der Waals surface area contributed by atoms with E-state index >= 15 is 0 Å². The predicted octanol–water partition coefficient (Wildman–Crippen LogP) is 1.63. The van der Waals surface area contributed by atoms with Gasteiger partial charge in [-0.3, -0.25) is 9.59 Å². The van der Waals surface area contributed by atoms with Gasteiger partial charge in [-0.1, -0.05) is 35.7 Å². The van der Waals surface area contributed by atoms with Gasteiger partial charge in [-0.05, 0) is 18.9 Å². The number of hydrogen-bond acceptors (Lipinski definition) is 2. The second-order valence-corrected chi connectivity index (χ2v) is 5.38. The number of amides is 2. The second kappa shape index (κ2) is 6.94. The molecule has 21 heavy (non-hydrogen) atoms. The number of rotatable bonds is 5. The molecule has 1 fully saturated rings. The third kappa shape index (κ3) is 4.09. The van der Waals surface area contributed by atoms with Gasteiger partial charge in [0, 0.05) is 25.4 Å². The Hall–Kier alpha value is -2.28. The molecule has 1 N–H and O–H groups in total. The number of hydrogen-bond donors (Lipinski definition) is 1. The first-order chi connectivity index (χ1) is 10.1. The summed E-state index contributed by atoms with van der Waals surface area (Å²) in [6.07, 6.45) is 6.68. The average Bonchev–Trinajstić information content (AvgIpc) is 2.80. The van der Waals surface area contributed by atoms with Crippen LogP contribution in [-0.4, -0.2) is 29.3 Å². The fraction of sp³-hybridized carbons (Fsp3) is 0.412. The lowest BCUT2D eigenvalue weighted by atomic mass is 10.1. The largest absolute Gasteiger partial charge is 0.345 e. The first-order valence-corrected chi connectivity index (χ1v) is 7.15. The fourth-order valence-electron chi connectivity index (χ4n) is 2.55. The number of benzene rings is 1. The highest BCUT2D eigenvalue weighted by Gasteiger charge is 2.32. The van der Waals surface area contributed by atoms with Crippen molar-refractivity contribution in [3.8, 4) is 12.3 Å². The summed E-state index contributed by atoms with van der Waals surface area (Å²) in [5.41, 5.74) is 2.28. The van der Waals surface area contributed by atoms with Crippen molar-refractivity contribution in [3.05, 3.63) is 35.4 Å². The smallest absolute Gasteiger partial charge is 0.223 e. The summed E-state index contributed by atoms with van der Waals surface area (Å²) < 4.78 is 0. The minimum absolute atomic E-state index is 0.0309. The van der Waals surface area contributed by atoms with Gasteiger partial charge in [-0.25, -0.2) is 0 Å². The fourth-order valence-corrected chi connectivity index (χ4v) is 2.55. The zero-order valence-electron chi connectivity index (χ0n) is 12.3. The van der Waals surface area contributed by atoms with Gasteiger partial charge in [-0.2, -0.15) is 0 Å². The van der Waals surface area contributed by atoms with Crippen LogP contribution in [0.4, 0.5) is 0 Å². The van der Waals surface area contributed by atoms with Crippen LogP contribution in [0.3, 0.4) is 0 Å². The second-order valence-electron chi connectivity index (χ2n) is 5.38. The van der Waals surface area contributed by atoms with Crippen molar-refractivity contribution in [2.75, 3.05) is 6.54 Å². The molecule has 0 bridgehead atoms. The zero-order chi connectivity index (χ0) is 15.2. The summed E-state index contributed by atoms with van der Waals surface area (Å²) in [7, 11) is 0. The van der Waals surface area contributed by atoms with Crippen molar-refractivity contribution >= 4 is 11.8 Å². The standard InChI is InChI=1S/C17H20N2O2/c1-3-10-18-16(20)11-15-8-9-17(21)19(15)12-14-6-4-13(2)5-7-14/h1,4-7,15H,8-12H2,2H3,(H,18,20). The highest BCUT2D eigenvalue weighted by Crippen LogP contribution is 2.23. The quantitative estimate of drug-likeness (QED) is 0.835. The summed E-state index contributed by atoms with van der Waals surface area (Å²) in [6.45, 7) is 2.83. The molecule has 1 aromatic rings. The first kappa shape index (κ1) is 15.1. The minimum atomic E-state index is -0.0958. The van der Waals surface area contributed by atoms with Gasteiger partial charge < -0.3 is 10.2 Å². The van der Waals surface area contributed by atoms with Crippen LogP contribution in [0.15, 0.2) is 24.3 Å². The van der Waals surface area contributed by atoms with Gasteiger partial charge in [0.1, 0.15) is 0 Å². The summed E-state index contributed by atoms with van der Waals surface area (Å²) in [6, 6.07) is 8.08. The van der Waals surface area contributed by atoms with E-state index in [9.17, 15) is 9.59 Å². The molecular weight excluding hydrogens is 264 g/mol. The van der Waals surface area contributed by atoms with Crippen LogP contribution in [0.1, 0.15) is 30.4 Å². The number of carbonyl (C=O) groups excluding carboxylic acids is 2. The summed E-state index contributed by atoms with van der Waals surface area (Å²) >= 11 is 0. The Morgan fingerprint density at radius 2 is 2.14 bits per heavy atom. The van der Waals surface area contributed by atoms with E-state index in [1.54, 1.807) is 4.90 Å². The Kier molecular flexibility index (Phi) is 4.99. The van der Waals surface area contributed by atoms with E-state index in [-0.39, 0.29) is 24.4 Å². The monoisotopic (exact) mass is 284 g/mol. The Morgan fingerprint density at radius 3 is 2.81 bits per heavy atom. The highest BCUT2D eigenvalue weighted by atomic mass is 16.2. The normalized spacial score (nSPS) is 17.6. The van der Waals surface area contributed by atoms with Crippen LogP contribution in [0.2, 0.25) is 0 Å². The molecule has 1 heterocycles. The zero-order valence-corrected chi connectivity index (χ0v) is 12.3. The topological polar surface area (TPSA) is 49.4 Å². The molecule has 1 saturated heterocycles. The van der Waals surface area contributed by atoms with E-state index in [2.05, 4.69) is 11.2 Å². The van der Waals surface area contributed by atoms with Gasteiger partial charge in [0.15, 0.2) is 0 Å². The number of nitrogens with zero attached hydrogens (tertiary/aromatic N) is 1. The van der Waals surface area contributed by atoms with Crippen molar-refractivity contribution < 1.29 is 9.59 Å². The molecule has 4 heteroatoms. The van der Waals surface area contributed by atoms with E-state index in [0.717, 1.165) is 12.0 Å². The maximum absolute atomic E-state index is 12.0. The highest BCUT2D eigenvalue weighted by molar-refractivity contribution is 5.82. The third-order valence-corrected chi connectivity index (χ3v) is 3.73. The number of likely N-dealkylation sites (tertiary alicyclic amines) is 1. The number of terminal acetylenes is 1. The molecule has 2 amide bonds. The summed E-state index contributed by atoms with van der Waals surface area (Å²) in [4.78, 5) is 25.6. The molecule has 1 aliphatic rings.